The third kappa shape index (κ3) is 5.73. The van der Waals surface area contributed by atoms with E-state index in [1.165, 1.54) is 30.3 Å². The van der Waals surface area contributed by atoms with E-state index >= 15 is 0 Å². The van der Waals surface area contributed by atoms with Crippen LogP contribution in [-0.2, 0) is 10.0 Å². The molecule has 3 aromatic carbocycles. The van der Waals surface area contributed by atoms with Gasteiger partial charge >= 0.3 is 0 Å². The smallest absolute Gasteiger partial charge is 0.242 e. The zero-order chi connectivity index (χ0) is 25.9. The van der Waals surface area contributed by atoms with Crippen LogP contribution in [0.5, 0.6) is 0 Å². The first kappa shape index (κ1) is 25.8. The number of piperazine rings is 1. The van der Waals surface area contributed by atoms with Gasteiger partial charge in [-0.2, -0.15) is 5.26 Å². The highest BCUT2D eigenvalue weighted by Gasteiger charge is 2.30. The van der Waals surface area contributed by atoms with Gasteiger partial charge in [0.25, 0.3) is 0 Å². The lowest BCUT2D eigenvalue weighted by molar-refractivity contribution is 0.212. The molecule has 188 valence electrons. The van der Waals surface area contributed by atoms with Gasteiger partial charge in [-0.25, -0.2) is 21.9 Å². The minimum absolute atomic E-state index is 0.0809. The molecule has 1 aliphatic heterocycles. The van der Waals surface area contributed by atoms with E-state index < -0.39 is 10.0 Å². The van der Waals surface area contributed by atoms with Gasteiger partial charge in [0.1, 0.15) is 16.5 Å². The second-order valence-electron chi connectivity index (χ2n) is 9.10. The van der Waals surface area contributed by atoms with Crippen molar-refractivity contribution in [3.05, 3.63) is 95.1 Å². The van der Waals surface area contributed by atoms with Gasteiger partial charge in [-0.15, -0.1) is 0 Å². The third-order valence-corrected chi connectivity index (χ3v) is 7.85. The van der Waals surface area contributed by atoms with Crippen LogP contribution in [0.25, 0.3) is 0 Å². The van der Waals surface area contributed by atoms with E-state index in [2.05, 4.69) is 9.62 Å². The number of nitrogens with zero attached hydrogens (tertiary/aromatic N) is 3. The lowest BCUT2D eigenvalue weighted by Crippen LogP contribution is -2.48. The molecule has 0 unspecified atom stereocenters. The summed E-state index contributed by atoms with van der Waals surface area (Å²) >= 11 is 0. The summed E-state index contributed by atoms with van der Waals surface area (Å²) in [6, 6.07) is 18.8. The molecule has 1 N–H and O–H groups in total. The second-order valence-corrected chi connectivity index (χ2v) is 10.8. The Morgan fingerprint density at radius 3 is 1.86 bits per heavy atom. The standard InChI is InChI=1S/C27H28F2N4O2S/c1-19(2)31-36(34,35)26-17-20(18-30)3-12-25(26)32-13-15-33(16-14-32)27(21-4-8-23(28)9-5-21)22-6-10-24(29)11-7-22/h3-12,17,19,27,31H,13-16H2,1-2H3. The highest BCUT2D eigenvalue weighted by molar-refractivity contribution is 7.89. The van der Waals surface area contributed by atoms with Crippen LogP contribution in [-0.4, -0.2) is 45.5 Å². The van der Waals surface area contributed by atoms with Crippen molar-refractivity contribution in [1.29, 1.82) is 5.26 Å². The van der Waals surface area contributed by atoms with Gasteiger partial charge in [-0.3, -0.25) is 4.90 Å². The molecule has 6 nitrogen and oxygen atoms in total. The molecule has 4 rings (SSSR count). The fraction of sp³-hybridized carbons (Fsp3) is 0.296. The van der Waals surface area contributed by atoms with Gasteiger partial charge in [0.05, 0.1) is 23.4 Å². The number of hydrogen-bond acceptors (Lipinski definition) is 5. The molecular formula is C27H28F2N4O2S. The molecule has 3 aromatic rings. The first-order valence-corrected chi connectivity index (χ1v) is 13.2. The van der Waals surface area contributed by atoms with Crippen molar-refractivity contribution in [2.24, 2.45) is 0 Å². The normalized spacial score (nSPS) is 14.9. The van der Waals surface area contributed by atoms with Gasteiger partial charge in [0.15, 0.2) is 0 Å². The number of rotatable bonds is 7. The molecule has 1 aliphatic rings. The lowest BCUT2D eigenvalue weighted by Gasteiger charge is -2.41. The summed E-state index contributed by atoms with van der Waals surface area (Å²) in [6.45, 7) is 5.75. The third-order valence-electron chi connectivity index (χ3n) is 6.16. The van der Waals surface area contributed by atoms with Crippen LogP contribution < -0.4 is 9.62 Å². The average Bonchev–Trinajstić information content (AvgIpc) is 2.86. The van der Waals surface area contributed by atoms with Crippen LogP contribution in [0, 0.1) is 23.0 Å². The highest BCUT2D eigenvalue weighted by Crippen LogP contribution is 2.33. The van der Waals surface area contributed by atoms with Crippen molar-refractivity contribution in [2.45, 2.75) is 30.8 Å². The quantitative estimate of drug-likeness (QED) is 0.509. The Morgan fingerprint density at radius 1 is 0.861 bits per heavy atom. The SMILES string of the molecule is CC(C)NS(=O)(=O)c1cc(C#N)ccc1N1CCN(C(c2ccc(F)cc2)c2ccc(F)cc2)CC1. The summed E-state index contributed by atoms with van der Waals surface area (Å²) in [7, 11) is -3.82. The number of benzene rings is 3. The summed E-state index contributed by atoms with van der Waals surface area (Å²) in [4.78, 5) is 4.30. The van der Waals surface area contributed by atoms with E-state index in [1.807, 2.05) is 11.0 Å². The maximum Gasteiger partial charge on any atom is 0.242 e. The van der Waals surface area contributed by atoms with Crippen LogP contribution >= 0.6 is 0 Å². The van der Waals surface area contributed by atoms with Crippen LogP contribution in [0.2, 0.25) is 0 Å². The number of anilines is 1. The van der Waals surface area contributed by atoms with E-state index in [9.17, 15) is 22.5 Å². The Morgan fingerprint density at radius 2 is 1.39 bits per heavy atom. The van der Waals surface area contributed by atoms with Crippen molar-refractivity contribution in [1.82, 2.24) is 9.62 Å². The van der Waals surface area contributed by atoms with Gasteiger partial charge in [0.2, 0.25) is 10.0 Å². The molecule has 36 heavy (non-hydrogen) atoms. The Balaban J connectivity index is 1.62. The molecule has 0 spiro atoms. The largest absolute Gasteiger partial charge is 0.368 e. The lowest BCUT2D eigenvalue weighted by atomic mass is 9.96. The highest BCUT2D eigenvalue weighted by atomic mass is 32.2. The predicted molar refractivity (Wildman–Crippen MR) is 135 cm³/mol. The van der Waals surface area contributed by atoms with Gasteiger partial charge in [0, 0.05) is 32.2 Å². The van der Waals surface area contributed by atoms with Crippen LogP contribution in [0.4, 0.5) is 14.5 Å². The van der Waals surface area contributed by atoms with E-state index in [0.29, 0.717) is 31.9 Å². The number of hydrogen-bond donors (Lipinski definition) is 1. The molecule has 1 heterocycles. The van der Waals surface area contributed by atoms with Gasteiger partial charge in [-0.1, -0.05) is 24.3 Å². The molecule has 0 atom stereocenters. The van der Waals surface area contributed by atoms with Crippen molar-refractivity contribution < 1.29 is 17.2 Å². The molecule has 0 bridgehead atoms. The van der Waals surface area contributed by atoms with Crippen molar-refractivity contribution in [3.63, 3.8) is 0 Å². The first-order chi connectivity index (χ1) is 17.2. The maximum atomic E-state index is 13.6. The van der Waals surface area contributed by atoms with Crippen molar-refractivity contribution >= 4 is 15.7 Å². The van der Waals surface area contributed by atoms with Crippen LogP contribution in [0.15, 0.2) is 71.6 Å². The fourth-order valence-corrected chi connectivity index (χ4v) is 6.06. The Kier molecular flexibility index (Phi) is 7.69. The zero-order valence-electron chi connectivity index (χ0n) is 20.2. The number of sulfonamides is 1. The molecule has 1 saturated heterocycles. The Bertz CT molecular complexity index is 1300. The van der Waals surface area contributed by atoms with E-state index in [4.69, 9.17) is 0 Å². The molecular weight excluding hydrogens is 482 g/mol. The van der Waals surface area contributed by atoms with Crippen LogP contribution in [0.3, 0.4) is 0 Å². The minimum Gasteiger partial charge on any atom is -0.368 e. The van der Waals surface area contributed by atoms with Gasteiger partial charge < -0.3 is 4.90 Å². The maximum absolute atomic E-state index is 13.6. The Hall–Kier alpha value is -3.32. The summed E-state index contributed by atoms with van der Waals surface area (Å²) in [6.07, 6.45) is 0. The topological polar surface area (TPSA) is 76.4 Å². The molecule has 0 aliphatic carbocycles. The second kappa shape index (κ2) is 10.7. The molecule has 0 amide bonds. The van der Waals surface area contributed by atoms with E-state index in [-0.39, 0.29) is 34.2 Å². The monoisotopic (exact) mass is 510 g/mol. The number of nitriles is 1. The average molecular weight is 511 g/mol. The van der Waals surface area contributed by atoms with Crippen molar-refractivity contribution in [3.8, 4) is 6.07 Å². The summed E-state index contributed by atoms with van der Waals surface area (Å²) in [5.74, 6) is -0.656. The summed E-state index contributed by atoms with van der Waals surface area (Å²) in [5, 5.41) is 9.33. The molecule has 9 heteroatoms. The van der Waals surface area contributed by atoms with Gasteiger partial charge in [-0.05, 0) is 67.4 Å². The van der Waals surface area contributed by atoms with Crippen LogP contribution in [0.1, 0.15) is 36.6 Å². The Labute approximate surface area is 210 Å². The minimum atomic E-state index is -3.82. The van der Waals surface area contributed by atoms with E-state index in [0.717, 1.165) is 11.1 Å². The molecule has 0 radical (unpaired) electrons. The molecule has 0 aromatic heterocycles. The predicted octanol–water partition coefficient (Wildman–Crippen LogP) is 4.43. The molecule has 1 fully saturated rings. The first-order valence-electron chi connectivity index (χ1n) is 11.7. The summed E-state index contributed by atoms with van der Waals surface area (Å²) < 4.78 is 55.9. The summed E-state index contributed by atoms with van der Waals surface area (Å²) in [5.41, 5.74) is 2.59. The number of halogens is 2. The van der Waals surface area contributed by atoms with Crippen molar-refractivity contribution in [2.75, 3.05) is 31.1 Å². The molecule has 0 saturated carbocycles. The van der Waals surface area contributed by atoms with E-state index in [1.54, 1.807) is 50.2 Å². The fourth-order valence-electron chi connectivity index (χ4n) is 4.56. The number of nitrogens with one attached hydrogen (secondary N) is 1. The zero-order valence-corrected chi connectivity index (χ0v) is 21.0.